The van der Waals surface area contributed by atoms with Gasteiger partial charge in [0.1, 0.15) is 17.3 Å². The third kappa shape index (κ3) is 3.82. The van der Waals surface area contributed by atoms with Crippen molar-refractivity contribution in [3.8, 4) is 11.3 Å². The Bertz CT molecular complexity index is 623. The quantitative estimate of drug-likeness (QED) is 0.837. The molecule has 0 bridgehead atoms. The molecule has 2 nitrogen and oxygen atoms in total. The predicted molar refractivity (Wildman–Crippen MR) is 83.4 cm³/mol. The number of benzene rings is 1. The van der Waals surface area contributed by atoms with Crippen molar-refractivity contribution in [2.75, 3.05) is 6.54 Å². The average Bonchev–Trinajstić information content (AvgIpc) is 3.22. The van der Waals surface area contributed by atoms with Gasteiger partial charge in [-0.3, -0.25) is 0 Å². The van der Waals surface area contributed by atoms with E-state index in [1.54, 1.807) is 12.1 Å². The van der Waals surface area contributed by atoms with Crippen molar-refractivity contribution in [2.45, 2.75) is 32.2 Å². The van der Waals surface area contributed by atoms with E-state index < -0.39 is 0 Å². The van der Waals surface area contributed by atoms with Gasteiger partial charge in [0, 0.05) is 18.2 Å². The Labute approximate surface area is 124 Å². The van der Waals surface area contributed by atoms with E-state index in [4.69, 9.17) is 4.42 Å². The van der Waals surface area contributed by atoms with Gasteiger partial charge in [-0.25, -0.2) is 4.39 Å². The summed E-state index contributed by atoms with van der Waals surface area (Å²) >= 11 is 0. The third-order valence-electron chi connectivity index (χ3n) is 3.75. The molecule has 110 valence electrons. The minimum atomic E-state index is -0.232. The van der Waals surface area contributed by atoms with Gasteiger partial charge in [0.05, 0.1) is 0 Å². The first-order chi connectivity index (χ1) is 10.2. The minimum absolute atomic E-state index is 0.232. The van der Waals surface area contributed by atoms with Crippen LogP contribution in [0.5, 0.6) is 0 Å². The van der Waals surface area contributed by atoms with E-state index in [0.717, 1.165) is 30.0 Å². The number of rotatable bonds is 6. The van der Waals surface area contributed by atoms with Crippen LogP contribution in [0.2, 0.25) is 0 Å². The van der Waals surface area contributed by atoms with Crippen LogP contribution in [0.4, 0.5) is 4.39 Å². The van der Waals surface area contributed by atoms with Crippen LogP contribution in [0.15, 0.2) is 46.4 Å². The molecule has 1 saturated carbocycles. The van der Waals surface area contributed by atoms with Crippen LogP contribution in [0.1, 0.15) is 31.9 Å². The summed E-state index contributed by atoms with van der Waals surface area (Å²) in [7, 11) is 0. The zero-order chi connectivity index (χ0) is 14.7. The molecule has 0 radical (unpaired) electrons. The fourth-order valence-corrected chi connectivity index (χ4v) is 2.24. The maximum absolute atomic E-state index is 12.9. The van der Waals surface area contributed by atoms with Crippen molar-refractivity contribution in [2.24, 2.45) is 0 Å². The highest BCUT2D eigenvalue weighted by molar-refractivity contribution is 5.60. The molecule has 1 aromatic carbocycles. The topological polar surface area (TPSA) is 25.2 Å². The van der Waals surface area contributed by atoms with Gasteiger partial charge in [-0.2, -0.15) is 0 Å². The highest BCUT2D eigenvalue weighted by Gasteiger charge is 2.20. The molecule has 1 fully saturated rings. The van der Waals surface area contributed by atoms with Crippen LogP contribution in [0.25, 0.3) is 17.4 Å². The summed E-state index contributed by atoms with van der Waals surface area (Å²) in [5.41, 5.74) is 2.23. The van der Waals surface area contributed by atoms with Crippen LogP contribution < -0.4 is 5.32 Å². The zero-order valence-electron chi connectivity index (χ0n) is 12.2. The molecular formula is C18H20FNO. The molecule has 0 unspecified atom stereocenters. The first-order valence-electron chi connectivity index (χ1n) is 7.53. The van der Waals surface area contributed by atoms with Gasteiger partial charge in [-0.15, -0.1) is 0 Å². The summed E-state index contributed by atoms with van der Waals surface area (Å²) in [5.74, 6) is 1.39. The second-order valence-electron chi connectivity index (χ2n) is 5.52. The molecule has 3 heteroatoms. The molecule has 1 N–H and O–H groups in total. The fourth-order valence-electron chi connectivity index (χ4n) is 2.24. The Morgan fingerprint density at radius 2 is 2.00 bits per heavy atom. The van der Waals surface area contributed by atoms with E-state index in [9.17, 15) is 4.39 Å². The Hall–Kier alpha value is -1.87. The first kappa shape index (κ1) is 14.1. The zero-order valence-corrected chi connectivity index (χ0v) is 12.2. The molecule has 1 heterocycles. The normalized spacial score (nSPS) is 15.4. The number of halogens is 1. The lowest BCUT2D eigenvalue weighted by Crippen LogP contribution is -2.18. The largest absolute Gasteiger partial charge is 0.457 e. The van der Waals surface area contributed by atoms with Crippen molar-refractivity contribution in [3.63, 3.8) is 0 Å². The monoisotopic (exact) mass is 285 g/mol. The Morgan fingerprint density at radius 3 is 2.67 bits per heavy atom. The minimum Gasteiger partial charge on any atom is -0.457 e. The lowest BCUT2D eigenvalue weighted by atomic mass is 10.1. The molecule has 1 aliphatic rings. The van der Waals surface area contributed by atoms with Crippen LogP contribution in [0.3, 0.4) is 0 Å². The molecule has 0 spiro atoms. The van der Waals surface area contributed by atoms with Crippen molar-refractivity contribution in [3.05, 3.63) is 53.5 Å². The number of nitrogens with one attached hydrogen (secondary N) is 1. The molecule has 1 aromatic heterocycles. The standard InChI is InChI=1S/C18H20FNO/c1-2-13(12-20-16-7-8-16)11-17-9-10-18(21-17)14-3-5-15(19)6-4-14/h3-6,9-11,16,20H,2,7-8,12H2,1H3. The van der Waals surface area contributed by atoms with Crippen molar-refractivity contribution >= 4 is 6.08 Å². The lowest BCUT2D eigenvalue weighted by Gasteiger charge is -2.05. The highest BCUT2D eigenvalue weighted by atomic mass is 19.1. The van der Waals surface area contributed by atoms with E-state index in [0.29, 0.717) is 6.04 Å². The van der Waals surface area contributed by atoms with Gasteiger partial charge >= 0.3 is 0 Å². The number of furan rings is 1. The number of hydrogen-bond acceptors (Lipinski definition) is 2. The second kappa shape index (κ2) is 6.27. The Kier molecular flexibility index (Phi) is 4.20. The molecule has 1 aliphatic carbocycles. The summed E-state index contributed by atoms with van der Waals surface area (Å²) in [5, 5.41) is 3.52. The van der Waals surface area contributed by atoms with E-state index in [1.807, 2.05) is 12.1 Å². The van der Waals surface area contributed by atoms with Crippen LogP contribution >= 0.6 is 0 Å². The predicted octanol–water partition coefficient (Wildman–Crippen LogP) is 4.63. The number of hydrogen-bond donors (Lipinski definition) is 1. The molecule has 0 amide bonds. The molecule has 3 rings (SSSR count). The maximum Gasteiger partial charge on any atom is 0.134 e. The van der Waals surface area contributed by atoms with E-state index in [-0.39, 0.29) is 5.82 Å². The molecule has 0 atom stereocenters. The molecule has 0 saturated heterocycles. The second-order valence-corrected chi connectivity index (χ2v) is 5.52. The molecule has 2 aromatic rings. The lowest BCUT2D eigenvalue weighted by molar-refractivity contribution is 0.570. The van der Waals surface area contributed by atoms with Gasteiger partial charge in [0.2, 0.25) is 0 Å². The van der Waals surface area contributed by atoms with Gasteiger partial charge in [0.15, 0.2) is 0 Å². The summed E-state index contributed by atoms with van der Waals surface area (Å²) in [6.07, 6.45) is 5.70. The van der Waals surface area contributed by atoms with Crippen LogP contribution in [-0.4, -0.2) is 12.6 Å². The van der Waals surface area contributed by atoms with Gasteiger partial charge in [0.25, 0.3) is 0 Å². The van der Waals surface area contributed by atoms with Crippen molar-refractivity contribution < 1.29 is 8.81 Å². The van der Waals surface area contributed by atoms with Crippen molar-refractivity contribution in [1.29, 1.82) is 0 Å². The van der Waals surface area contributed by atoms with Gasteiger partial charge < -0.3 is 9.73 Å². The average molecular weight is 285 g/mol. The third-order valence-corrected chi connectivity index (χ3v) is 3.75. The van der Waals surface area contributed by atoms with E-state index in [2.05, 4.69) is 18.3 Å². The Morgan fingerprint density at radius 1 is 1.24 bits per heavy atom. The summed E-state index contributed by atoms with van der Waals surface area (Å²) in [6.45, 7) is 3.08. The van der Waals surface area contributed by atoms with Gasteiger partial charge in [-0.05, 0) is 61.7 Å². The molecular weight excluding hydrogens is 265 g/mol. The molecule has 21 heavy (non-hydrogen) atoms. The fraction of sp³-hybridized carbons (Fsp3) is 0.333. The van der Waals surface area contributed by atoms with Crippen molar-refractivity contribution in [1.82, 2.24) is 5.32 Å². The van der Waals surface area contributed by atoms with Crippen LogP contribution in [-0.2, 0) is 0 Å². The summed E-state index contributed by atoms with van der Waals surface area (Å²) < 4.78 is 18.8. The SMILES string of the molecule is CCC(=Cc1ccc(-c2ccc(F)cc2)o1)CNC1CC1. The summed E-state index contributed by atoms with van der Waals surface area (Å²) in [6, 6.07) is 11.0. The van der Waals surface area contributed by atoms with E-state index in [1.165, 1.54) is 30.5 Å². The summed E-state index contributed by atoms with van der Waals surface area (Å²) in [4.78, 5) is 0. The Balaban J connectivity index is 1.71. The highest BCUT2D eigenvalue weighted by Crippen LogP contribution is 2.24. The van der Waals surface area contributed by atoms with Gasteiger partial charge in [-0.1, -0.05) is 12.5 Å². The molecule has 0 aliphatic heterocycles. The van der Waals surface area contributed by atoms with E-state index >= 15 is 0 Å². The first-order valence-corrected chi connectivity index (χ1v) is 7.53. The maximum atomic E-state index is 12.9. The van der Waals surface area contributed by atoms with Crippen LogP contribution in [0, 0.1) is 5.82 Å². The smallest absolute Gasteiger partial charge is 0.134 e.